The van der Waals surface area contributed by atoms with Gasteiger partial charge in [0.1, 0.15) is 11.5 Å². The van der Waals surface area contributed by atoms with Crippen LogP contribution in [0.4, 0.5) is 11.4 Å². The fourth-order valence-corrected chi connectivity index (χ4v) is 6.95. The zero-order valence-electron chi connectivity index (χ0n) is 21.7. The maximum absolute atomic E-state index is 12.9. The minimum absolute atomic E-state index is 0.00954. The molecule has 1 aliphatic rings. The van der Waals surface area contributed by atoms with Gasteiger partial charge in [-0.2, -0.15) is 0 Å². The van der Waals surface area contributed by atoms with Crippen molar-refractivity contribution in [2.45, 2.75) is 23.5 Å². The number of nitrogens with zero attached hydrogens (tertiary/aromatic N) is 1. The molecule has 3 aromatic rings. The Morgan fingerprint density at radius 1 is 0.897 bits per heavy atom. The molecular formula is C27H31N3O7S2. The third-order valence-electron chi connectivity index (χ3n) is 6.50. The Hall–Kier alpha value is -3.61. The van der Waals surface area contributed by atoms with Crippen molar-refractivity contribution < 1.29 is 31.1 Å². The summed E-state index contributed by atoms with van der Waals surface area (Å²) in [6, 6.07) is 19.5. The number of benzene rings is 3. The van der Waals surface area contributed by atoms with Gasteiger partial charge in [0.05, 0.1) is 30.6 Å². The van der Waals surface area contributed by atoms with Gasteiger partial charge in [0.25, 0.3) is 10.0 Å². The number of methoxy groups -OCH3 is 2. The van der Waals surface area contributed by atoms with E-state index < -0.39 is 20.0 Å². The molecule has 12 heteroatoms. The highest BCUT2D eigenvalue weighted by atomic mass is 32.2. The lowest BCUT2D eigenvalue weighted by atomic mass is 9.97. The van der Waals surface area contributed by atoms with Crippen LogP contribution in [0, 0.1) is 5.92 Å². The summed E-state index contributed by atoms with van der Waals surface area (Å²) in [5.74, 6) is 0.183. The van der Waals surface area contributed by atoms with Crippen LogP contribution >= 0.6 is 0 Å². The SMILES string of the molecule is COc1ccc(NS(=O)(=O)c2ccc(NC(=O)C3CCN(S(=O)(=O)Cc4ccccc4)CC3)cc2)c(OC)c1. The number of rotatable bonds is 10. The molecule has 3 aromatic carbocycles. The first-order valence-corrected chi connectivity index (χ1v) is 15.4. The van der Waals surface area contributed by atoms with Crippen molar-refractivity contribution >= 4 is 37.3 Å². The number of sulfonamides is 2. The number of nitrogens with one attached hydrogen (secondary N) is 2. The smallest absolute Gasteiger partial charge is 0.262 e. The molecule has 2 N–H and O–H groups in total. The van der Waals surface area contributed by atoms with Crippen molar-refractivity contribution in [1.29, 1.82) is 0 Å². The molecule has 0 spiro atoms. The number of hydrogen-bond acceptors (Lipinski definition) is 7. The van der Waals surface area contributed by atoms with Gasteiger partial charge in [0.15, 0.2) is 0 Å². The predicted molar refractivity (Wildman–Crippen MR) is 149 cm³/mol. The van der Waals surface area contributed by atoms with Gasteiger partial charge in [0, 0.05) is 30.8 Å². The van der Waals surface area contributed by atoms with E-state index in [9.17, 15) is 21.6 Å². The van der Waals surface area contributed by atoms with Gasteiger partial charge >= 0.3 is 0 Å². The third kappa shape index (κ3) is 7.08. The summed E-state index contributed by atoms with van der Waals surface area (Å²) < 4.78 is 65.7. The van der Waals surface area contributed by atoms with E-state index in [-0.39, 0.29) is 41.3 Å². The summed E-state index contributed by atoms with van der Waals surface area (Å²) in [5.41, 5.74) is 1.43. The van der Waals surface area contributed by atoms with Crippen LogP contribution < -0.4 is 19.5 Å². The molecule has 208 valence electrons. The molecule has 0 atom stereocenters. The number of anilines is 2. The average Bonchev–Trinajstić information content (AvgIpc) is 2.93. The lowest BCUT2D eigenvalue weighted by Gasteiger charge is -2.30. The van der Waals surface area contributed by atoms with Gasteiger partial charge < -0.3 is 14.8 Å². The molecule has 1 fully saturated rings. The summed E-state index contributed by atoms with van der Waals surface area (Å²) in [6.07, 6.45) is 0.805. The van der Waals surface area contributed by atoms with Gasteiger partial charge in [-0.05, 0) is 54.8 Å². The molecule has 0 aromatic heterocycles. The Kier molecular flexibility index (Phi) is 8.78. The van der Waals surface area contributed by atoms with Crippen LogP contribution in [0.5, 0.6) is 11.5 Å². The van der Waals surface area contributed by atoms with Crippen LogP contribution in [0.15, 0.2) is 77.7 Å². The first-order valence-electron chi connectivity index (χ1n) is 12.3. The Morgan fingerprint density at radius 3 is 2.18 bits per heavy atom. The third-order valence-corrected chi connectivity index (χ3v) is 9.73. The second kappa shape index (κ2) is 12.1. The molecular weight excluding hydrogens is 542 g/mol. The van der Waals surface area contributed by atoms with Crippen LogP contribution in [-0.4, -0.2) is 54.4 Å². The Balaban J connectivity index is 1.33. The predicted octanol–water partition coefficient (Wildman–Crippen LogP) is 3.69. The van der Waals surface area contributed by atoms with Crippen molar-refractivity contribution in [2.75, 3.05) is 37.3 Å². The standard InChI is InChI=1S/C27H31N3O7S2/c1-36-23-10-13-25(26(18-23)37-2)29-39(34,35)24-11-8-22(9-12-24)28-27(31)21-14-16-30(17-15-21)38(32,33)19-20-6-4-3-5-7-20/h3-13,18,21,29H,14-17,19H2,1-2H3,(H,28,31). The fourth-order valence-electron chi connectivity index (χ4n) is 4.32. The van der Waals surface area contributed by atoms with E-state index in [0.29, 0.717) is 30.0 Å². The number of ether oxygens (including phenoxy) is 2. The Morgan fingerprint density at radius 2 is 1.56 bits per heavy atom. The van der Waals surface area contributed by atoms with Crippen LogP contribution in [0.3, 0.4) is 0 Å². The van der Waals surface area contributed by atoms with Crippen molar-refractivity contribution in [3.8, 4) is 11.5 Å². The molecule has 0 saturated carbocycles. The van der Waals surface area contributed by atoms with E-state index in [1.54, 1.807) is 42.5 Å². The monoisotopic (exact) mass is 573 g/mol. The number of hydrogen-bond donors (Lipinski definition) is 2. The van der Waals surface area contributed by atoms with E-state index in [1.807, 2.05) is 6.07 Å². The van der Waals surface area contributed by atoms with Gasteiger partial charge in [-0.25, -0.2) is 21.1 Å². The second-order valence-corrected chi connectivity index (χ2v) is 12.8. The number of amides is 1. The largest absolute Gasteiger partial charge is 0.497 e. The van der Waals surface area contributed by atoms with Crippen molar-refractivity contribution in [3.05, 3.63) is 78.4 Å². The second-order valence-electron chi connectivity index (χ2n) is 9.10. The first-order chi connectivity index (χ1) is 18.6. The topological polar surface area (TPSA) is 131 Å². The molecule has 1 amide bonds. The van der Waals surface area contributed by atoms with Crippen LogP contribution in [0.1, 0.15) is 18.4 Å². The maximum atomic E-state index is 12.9. The van der Waals surface area contributed by atoms with Gasteiger partial charge in [-0.1, -0.05) is 30.3 Å². The summed E-state index contributed by atoms with van der Waals surface area (Å²) in [7, 11) is -4.46. The number of carbonyl (C=O) groups is 1. The minimum atomic E-state index is -3.92. The molecule has 4 rings (SSSR count). The molecule has 1 saturated heterocycles. The normalized spacial score (nSPS) is 14.9. The molecule has 39 heavy (non-hydrogen) atoms. The van der Waals surface area contributed by atoms with E-state index in [4.69, 9.17) is 9.47 Å². The van der Waals surface area contributed by atoms with Crippen LogP contribution in [0.2, 0.25) is 0 Å². The summed E-state index contributed by atoms with van der Waals surface area (Å²) >= 11 is 0. The van der Waals surface area contributed by atoms with Crippen molar-refractivity contribution in [2.24, 2.45) is 5.92 Å². The molecule has 0 aliphatic carbocycles. The zero-order valence-corrected chi connectivity index (χ0v) is 23.3. The number of carbonyl (C=O) groups excluding carboxylic acids is 1. The number of piperidine rings is 1. The zero-order chi connectivity index (χ0) is 28.0. The summed E-state index contributed by atoms with van der Waals surface area (Å²) in [5, 5.41) is 2.81. The van der Waals surface area contributed by atoms with Gasteiger partial charge in [-0.15, -0.1) is 0 Å². The molecule has 0 bridgehead atoms. The molecule has 0 unspecified atom stereocenters. The lowest BCUT2D eigenvalue weighted by molar-refractivity contribution is -0.120. The summed E-state index contributed by atoms with van der Waals surface area (Å²) in [4.78, 5) is 12.8. The molecule has 0 radical (unpaired) electrons. The lowest BCUT2D eigenvalue weighted by Crippen LogP contribution is -2.41. The fraction of sp³-hybridized carbons (Fsp3) is 0.296. The quantitative estimate of drug-likeness (QED) is 0.378. The highest BCUT2D eigenvalue weighted by Gasteiger charge is 2.31. The molecule has 1 heterocycles. The Labute approximate surface area is 229 Å². The van der Waals surface area contributed by atoms with E-state index >= 15 is 0 Å². The molecule has 1 aliphatic heterocycles. The van der Waals surface area contributed by atoms with E-state index in [0.717, 1.165) is 5.56 Å². The van der Waals surface area contributed by atoms with E-state index in [1.165, 1.54) is 42.8 Å². The highest BCUT2D eigenvalue weighted by molar-refractivity contribution is 7.92. The van der Waals surface area contributed by atoms with Crippen LogP contribution in [-0.2, 0) is 30.6 Å². The first kappa shape index (κ1) is 28.4. The van der Waals surface area contributed by atoms with Crippen molar-refractivity contribution in [3.63, 3.8) is 0 Å². The Bertz CT molecular complexity index is 1500. The van der Waals surface area contributed by atoms with E-state index in [2.05, 4.69) is 10.0 Å². The summed E-state index contributed by atoms with van der Waals surface area (Å²) in [6.45, 7) is 0.538. The van der Waals surface area contributed by atoms with Gasteiger partial charge in [0.2, 0.25) is 15.9 Å². The van der Waals surface area contributed by atoms with Gasteiger partial charge in [-0.3, -0.25) is 9.52 Å². The maximum Gasteiger partial charge on any atom is 0.262 e. The van der Waals surface area contributed by atoms with Crippen LogP contribution in [0.25, 0.3) is 0 Å². The minimum Gasteiger partial charge on any atom is -0.497 e. The average molecular weight is 574 g/mol. The molecule has 10 nitrogen and oxygen atoms in total. The highest BCUT2D eigenvalue weighted by Crippen LogP contribution is 2.31. The van der Waals surface area contributed by atoms with Crippen molar-refractivity contribution in [1.82, 2.24) is 4.31 Å².